The van der Waals surface area contributed by atoms with Crippen molar-refractivity contribution in [2.75, 3.05) is 0 Å². The summed E-state index contributed by atoms with van der Waals surface area (Å²) in [6.45, 7) is 7.75. The van der Waals surface area contributed by atoms with Crippen LogP contribution in [0.15, 0.2) is 42.5 Å². The van der Waals surface area contributed by atoms with Gasteiger partial charge < -0.3 is 10.2 Å². The van der Waals surface area contributed by atoms with Crippen molar-refractivity contribution in [3.05, 3.63) is 64.7 Å². The first-order valence-corrected chi connectivity index (χ1v) is 7.95. The van der Waals surface area contributed by atoms with Gasteiger partial charge in [0.25, 0.3) is 0 Å². The summed E-state index contributed by atoms with van der Waals surface area (Å²) in [5.41, 5.74) is 6.59. The number of aromatic nitrogens is 1. The van der Waals surface area contributed by atoms with Crippen molar-refractivity contribution in [1.29, 1.82) is 0 Å². The molecule has 3 heteroatoms. The average Bonchev–Trinajstić information content (AvgIpc) is 2.54. The number of nitrogens with zero attached hydrogens (tertiary/aromatic N) is 1. The number of aromatic hydroxyl groups is 2. The quantitative estimate of drug-likeness (QED) is 0.694. The van der Waals surface area contributed by atoms with Crippen molar-refractivity contribution in [3.63, 3.8) is 0 Å². The highest BCUT2D eigenvalue weighted by Gasteiger charge is 2.13. The van der Waals surface area contributed by atoms with E-state index >= 15 is 0 Å². The number of phenolic OH excluding ortho intramolecular Hbond substituents is 2. The van der Waals surface area contributed by atoms with Crippen molar-refractivity contribution in [1.82, 2.24) is 4.98 Å². The van der Waals surface area contributed by atoms with E-state index in [1.54, 1.807) is 0 Å². The molecule has 3 nitrogen and oxygen atoms in total. The van der Waals surface area contributed by atoms with Crippen molar-refractivity contribution in [2.24, 2.45) is 0 Å². The lowest BCUT2D eigenvalue weighted by atomic mass is 10.0. The van der Waals surface area contributed by atoms with Gasteiger partial charge in [-0.05, 0) is 74.2 Å². The molecule has 0 saturated carbocycles. The van der Waals surface area contributed by atoms with Crippen LogP contribution in [0, 0.1) is 27.7 Å². The SMILES string of the molecule is Cc1cc(C)c(O)c(-c2cccc(-c3cc(C)cc(C)c3O)n2)c1. The molecule has 0 spiro atoms. The molecule has 0 atom stereocenters. The molecule has 0 fully saturated rings. The van der Waals surface area contributed by atoms with Gasteiger partial charge in [0.1, 0.15) is 11.5 Å². The third-order valence-electron chi connectivity index (χ3n) is 4.19. The van der Waals surface area contributed by atoms with Crippen LogP contribution < -0.4 is 0 Å². The van der Waals surface area contributed by atoms with Gasteiger partial charge in [-0.1, -0.05) is 18.2 Å². The first-order valence-electron chi connectivity index (χ1n) is 7.95. The molecule has 122 valence electrons. The van der Waals surface area contributed by atoms with Crippen LogP contribution in [-0.4, -0.2) is 15.2 Å². The van der Waals surface area contributed by atoms with E-state index in [2.05, 4.69) is 4.98 Å². The first kappa shape index (κ1) is 16.1. The third kappa shape index (κ3) is 2.85. The van der Waals surface area contributed by atoms with E-state index in [-0.39, 0.29) is 11.5 Å². The normalized spacial score (nSPS) is 10.8. The molecule has 2 aromatic carbocycles. The molecule has 0 aliphatic rings. The number of hydrogen-bond acceptors (Lipinski definition) is 3. The Bertz CT molecular complexity index is 857. The fourth-order valence-electron chi connectivity index (χ4n) is 3.05. The summed E-state index contributed by atoms with van der Waals surface area (Å²) < 4.78 is 0. The van der Waals surface area contributed by atoms with Crippen molar-refractivity contribution in [2.45, 2.75) is 27.7 Å². The number of rotatable bonds is 2. The molecule has 0 aliphatic heterocycles. The predicted octanol–water partition coefficient (Wildman–Crippen LogP) is 5.06. The summed E-state index contributed by atoms with van der Waals surface area (Å²) in [4.78, 5) is 4.68. The molecule has 3 aromatic rings. The Hall–Kier alpha value is -2.81. The molecule has 2 N–H and O–H groups in total. The molecule has 24 heavy (non-hydrogen) atoms. The number of pyridine rings is 1. The lowest BCUT2D eigenvalue weighted by Gasteiger charge is -2.12. The summed E-state index contributed by atoms with van der Waals surface area (Å²) in [7, 11) is 0. The number of benzene rings is 2. The van der Waals surface area contributed by atoms with Gasteiger partial charge in [-0.25, -0.2) is 4.98 Å². The summed E-state index contributed by atoms with van der Waals surface area (Å²) in [6.07, 6.45) is 0. The van der Waals surface area contributed by atoms with Gasteiger partial charge in [0.2, 0.25) is 0 Å². The van der Waals surface area contributed by atoms with Gasteiger partial charge >= 0.3 is 0 Å². The number of aryl methyl sites for hydroxylation is 4. The highest BCUT2D eigenvalue weighted by Crippen LogP contribution is 2.36. The maximum atomic E-state index is 10.4. The summed E-state index contributed by atoms with van der Waals surface area (Å²) in [5, 5.41) is 20.8. The Morgan fingerprint density at radius 3 is 1.50 bits per heavy atom. The Morgan fingerprint density at radius 2 is 1.08 bits per heavy atom. The largest absolute Gasteiger partial charge is 0.507 e. The van der Waals surface area contributed by atoms with Crippen LogP contribution in [0.5, 0.6) is 11.5 Å². The summed E-state index contributed by atoms with van der Waals surface area (Å²) in [5.74, 6) is 0.491. The molecule has 0 amide bonds. The van der Waals surface area contributed by atoms with Gasteiger partial charge in [0.05, 0.1) is 11.4 Å². The highest BCUT2D eigenvalue weighted by molar-refractivity contribution is 5.75. The maximum absolute atomic E-state index is 10.4. The zero-order chi connectivity index (χ0) is 17.4. The Kier molecular flexibility index (Phi) is 4.02. The molecular formula is C21H21NO2. The van der Waals surface area contributed by atoms with Crippen molar-refractivity contribution in [3.8, 4) is 34.0 Å². The minimum Gasteiger partial charge on any atom is -0.507 e. The third-order valence-corrected chi connectivity index (χ3v) is 4.19. The Balaban J connectivity index is 2.18. The average molecular weight is 319 g/mol. The van der Waals surface area contributed by atoms with Gasteiger partial charge in [-0.15, -0.1) is 0 Å². The lowest BCUT2D eigenvalue weighted by Crippen LogP contribution is -1.92. The summed E-state index contributed by atoms with van der Waals surface area (Å²) >= 11 is 0. The minimum atomic E-state index is 0.245. The fourth-order valence-corrected chi connectivity index (χ4v) is 3.05. The second-order valence-electron chi connectivity index (χ2n) is 6.36. The van der Waals surface area contributed by atoms with E-state index in [4.69, 9.17) is 0 Å². The topological polar surface area (TPSA) is 53.4 Å². The van der Waals surface area contributed by atoms with Gasteiger partial charge in [0.15, 0.2) is 0 Å². The van der Waals surface area contributed by atoms with E-state index in [1.165, 1.54) is 0 Å². The monoisotopic (exact) mass is 319 g/mol. The van der Waals surface area contributed by atoms with E-state index < -0.39 is 0 Å². The Morgan fingerprint density at radius 1 is 0.667 bits per heavy atom. The molecule has 3 rings (SSSR count). The van der Waals surface area contributed by atoms with Crippen LogP contribution in [0.3, 0.4) is 0 Å². The second-order valence-corrected chi connectivity index (χ2v) is 6.36. The van der Waals surface area contributed by atoms with E-state index in [1.807, 2.05) is 70.2 Å². The molecule has 0 aliphatic carbocycles. The van der Waals surface area contributed by atoms with Crippen LogP contribution in [0.4, 0.5) is 0 Å². The van der Waals surface area contributed by atoms with Crippen LogP contribution in [0.1, 0.15) is 22.3 Å². The minimum absolute atomic E-state index is 0.245. The van der Waals surface area contributed by atoms with E-state index in [0.717, 1.165) is 22.3 Å². The van der Waals surface area contributed by atoms with Crippen LogP contribution in [0.25, 0.3) is 22.5 Å². The van der Waals surface area contributed by atoms with Gasteiger partial charge in [0, 0.05) is 11.1 Å². The molecule has 1 aromatic heterocycles. The van der Waals surface area contributed by atoms with Gasteiger partial charge in [-0.2, -0.15) is 0 Å². The van der Waals surface area contributed by atoms with Crippen molar-refractivity contribution < 1.29 is 10.2 Å². The van der Waals surface area contributed by atoms with Gasteiger partial charge in [-0.3, -0.25) is 0 Å². The van der Waals surface area contributed by atoms with Crippen molar-refractivity contribution >= 4 is 0 Å². The molecule has 1 heterocycles. The number of hydrogen-bond donors (Lipinski definition) is 2. The van der Waals surface area contributed by atoms with Crippen LogP contribution in [-0.2, 0) is 0 Å². The molecule has 0 unspecified atom stereocenters. The standard InChI is InChI=1S/C21H21NO2/c1-12-8-14(3)20(23)16(10-12)18-6-5-7-19(22-18)17-11-13(2)9-15(4)21(17)24/h5-11,23-24H,1-4H3. The first-order chi connectivity index (χ1) is 11.4. The molecular weight excluding hydrogens is 298 g/mol. The second kappa shape index (κ2) is 6.00. The maximum Gasteiger partial charge on any atom is 0.127 e. The predicted molar refractivity (Wildman–Crippen MR) is 97.4 cm³/mol. The van der Waals surface area contributed by atoms with E-state index in [9.17, 15) is 10.2 Å². The molecule has 0 radical (unpaired) electrons. The Labute approximate surface area is 142 Å². The van der Waals surface area contributed by atoms with Crippen LogP contribution >= 0.6 is 0 Å². The van der Waals surface area contributed by atoms with Crippen LogP contribution in [0.2, 0.25) is 0 Å². The fraction of sp³-hybridized carbons (Fsp3) is 0.190. The number of phenols is 2. The van der Waals surface area contributed by atoms with E-state index in [0.29, 0.717) is 22.5 Å². The molecule has 0 bridgehead atoms. The highest BCUT2D eigenvalue weighted by atomic mass is 16.3. The zero-order valence-corrected chi connectivity index (χ0v) is 14.4. The zero-order valence-electron chi connectivity index (χ0n) is 14.4. The summed E-state index contributed by atoms with van der Waals surface area (Å²) in [6, 6.07) is 13.4. The lowest BCUT2D eigenvalue weighted by molar-refractivity contribution is 0.473. The smallest absolute Gasteiger partial charge is 0.127 e. The molecule has 0 saturated heterocycles.